The first-order chi connectivity index (χ1) is 15.0. The zero-order valence-electron chi connectivity index (χ0n) is 18.4. The van der Waals surface area contributed by atoms with Crippen molar-refractivity contribution >= 4 is 0 Å². The fraction of sp³-hybridized carbons (Fsp3) is 0.560. The molecule has 1 aromatic rings. The van der Waals surface area contributed by atoms with Crippen LogP contribution < -0.4 is 11.1 Å². The number of halogens is 1. The number of nitrogens with two attached hydrogens (primary N) is 1. The third-order valence-electron chi connectivity index (χ3n) is 5.56. The first-order valence-corrected chi connectivity index (χ1v) is 11.3. The molecule has 0 aromatic heterocycles. The van der Waals surface area contributed by atoms with Crippen LogP contribution >= 0.6 is 0 Å². The van der Waals surface area contributed by atoms with Crippen LogP contribution in [0.25, 0.3) is 0 Å². The molecular weight excluding hydrogens is 393 g/mol. The quantitative estimate of drug-likeness (QED) is 0.367. The Kier molecular flexibility index (Phi) is 11.3. The van der Waals surface area contributed by atoms with Crippen molar-refractivity contribution in [2.24, 2.45) is 5.73 Å². The zero-order valence-corrected chi connectivity index (χ0v) is 18.4. The molecule has 0 bridgehead atoms. The van der Waals surface area contributed by atoms with Crippen molar-refractivity contribution in [3.05, 3.63) is 59.3 Å². The number of ether oxygens (including phenoxy) is 1. The van der Waals surface area contributed by atoms with E-state index in [1.54, 1.807) is 12.1 Å². The highest BCUT2D eigenvalue weighted by atomic mass is 19.1. The van der Waals surface area contributed by atoms with Crippen LogP contribution in [0.3, 0.4) is 0 Å². The van der Waals surface area contributed by atoms with Crippen molar-refractivity contribution in [1.29, 1.82) is 5.26 Å². The molecule has 31 heavy (non-hydrogen) atoms. The van der Waals surface area contributed by atoms with Crippen molar-refractivity contribution in [2.45, 2.75) is 63.1 Å². The van der Waals surface area contributed by atoms with Gasteiger partial charge in [-0.05, 0) is 55.9 Å². The molecule has 1 aliphatic rings. The maximum Gasteiger partial charge on any atom is 0.238 e. The average molecular weight is 430 g/mol. The number of aliphatic hydroxyl groups excluding tert-OH is 1. The summed E-state index contributed by atoms with van der Waals surface area (Å²) in [7, 11) is 0. The maximum atomic E-state index is 14.3. The second-order valence-electron chi connectivity index (χ2n) is 8.14. The van der Waals surface area contributed by atoms with Crippen LogP contribution in [0.5, 0.6) is 0 Å². The van der Waals surface area contributed by atoms with Gasteiger partial charge in [0.2, 0.25) is 5.67 Å². The molecule has 1 aliphatic carbocycles. The summed E-state index contributed by atoms with van der Waals surface area (Å²) in [5.41, 5.74) is 5.11. The maximum absolute atomic E-state index is 14.3. The van der Waals surface area contributed by atoms with Crippen LogP contribution in [0.2, 0.25) is 0 Å². The number of hydrogen-bond acceptors (Lipinski definition) is 5. The lowest BCUT2D eigenvalue weighted by Gasteiger charge is -2.26. The fourth-order valence-electron chi connectivity index (χ4n) is 3.56. The number of nitrogens with zero attached hydrogens (tertiary/aromatic N) is 1. The van der Waals surface area contributed by atoms with Gasteiger partial charge >= 0.3 is 0 Å². The Hall–Kier alpha value is -2.20. The van der Waals surface area contributed by atoms with Crippen molar-refractivity contribution in [1.82, 2.24) is 5.32 Å². The van der Waals surface area contributed by atoms with E-state index in [-0.39, 0.29) is 12.1 Å². The molecule has 4 N–H and O–H groups in total. The lowest BCUT2D eigenvalue weighted by molar-refractivity contribution is 0.126. The van der Waals surface area contributed by atoms with Gasteiger partial charge in [-0.15, -0.1) is 0 Å². The molecule has 0 spiro atoms. The number of aliphatic hydroxyl groups is 1. The number of nitrogens with one attached hydrogen (secondary N) is 1. The van der Waals surface area contributed by atoms with Crippen molar-refractivity contribution in [3.8, 4) is 6.07 Å². The van der Waals surface area contributed by atoms with E-state index in [9.17, 15) is 9.50 Å². The lowest BCUT2D eigenvalue weighted by atomic mass is 9.87. The molecule has 0 radical (unpaired) electrons. The topological polar surface area (TPSA) is 91.3 Å². The van der Waals surface area contributed by atoms with Gasteiger partial charge in [-0.25, -0.2) is 4.39 Å². The highest BCUT2D eigenvalue weighted by Crippen LogP contribution is 2.31. The molecular formula is C25H36FN3O2. The van der Waals surface area contributed by atoms with Gasteiger partial charge in [-0.1, -0.05) is 49.2 Å². The number of benzene rings is 1. The second kappa shape index (κ2) is 14.0. The summed E-state index contributed by atoms with van der Waals surface area (Å²) in [4.78, 5) is 0. The average Bonchev–Trinajstić information content (AvgIpc) is 2.79. The number of alkyl halides is 1. The minimum atomic E-state index is -2.21. The number of hydrogen-bond donors (Lipinski definition) is 3. The zero-order chi connectivity index (χ0) is 22.4. The Morgan fingerprint density at radius 2 is 1.81 bits per heavy atom. The van der Waals surface area contributed by atoms with Crippen LogP contribution in [0.15, 0.2) is 53.8 Å². The molecule has 0 saturated heterocycles. The van der Waals surface area contributed by atoms with Crippen LogP contribution in [-0.2, 0) is 11.2 Å². The molecule has 2 atom stereocenters. The van der Waals surface area contributed by atoms with E-state index < -0.39 is 11.8 Å². The molecule has 2 rings (SSSR count). The highest BCUT2D eigenvalue weighted by Gasteiger charge is 2.37. The van der Waals surface area contributed by atoms with Crippen molar-refractivity contribution in [2.75, 3.05) is 26.3 Å². The minimum Gasteiger partial charge on any atom is -0.399 e. The molecule has 0 amide bonds. The number of nitriles is 1. The van der Waals surface area contributed by atoms with Crippen LogP contribution in [0, 0.1) is 11.3 Å². The molecule has 0 fully saturated rings. The predicted molar refractivity (Wildman–Crippen MR) is 122 cm³/mol. The summed E-state index contributed by atoms with van der Waals surface area (Å²) < 4.78 is 20.0. The summed E-state index contributed by atoms with van der Waals surface area (Å²) in [6.45, 7) is 2.77. The van der Waals surface area contributed by atoms with E-state index in [4.69, 9.17) is 15.7 Å². The first kappa shape index (κ1) is 25.1. The summed E-state index contributed by atoms with van der Waals surface area (Å²) >= 11 is 0. The summed E-state index contributed by atoms with van der Waals surface area (Å²) in [5, 5.41) is 22.4. The number of allylic oxidation sites excluding steroid dienone is 3. The van der Waals surface area contributed by atoms with E-state index in [1.807, 2.05) is 6.07 Å². The molecule has 6 heteroatoms. The minimum absolute atomic E-state index is 0.102. The smallest absolute Gasteiger partial charge is 0.238 e. The fourth-order valence-corrected chi connectivity index (χ4v) is 3.56. The van der Waals surface area contributed by atoms with Crippen LogP contribution in [-0.4, -0.2) is 43.2 Å². The first-order valence-electron chi connectivity index (χ1n) is 11.3. The van der Waals surface area contributed by atoms with Gasteiger partial charge in [-0.3, -0.25) is 0 Å². The van der Waals surface area contributed by atoms with E-state index in [1.165, 1.54) is 11.6 Å². The third-order valence-corrected chi connectivity index (χ3v) is 5.56. The largest absolute Gasteiger partial charge is 0.399 e. The van der Waals surface area contributed by atoms with Gasteiger partial charge in [-0.2, -0.15) is 5.26 Å². The summed E-state index contributed by atoms with van der Waals surface area (Å²) in [6.07, 6.45) is 9.65. The van der Waals surface area contributed by atoms with E-state index in [2.05, 4.69) is 29.6 Å². The predicted octanol–water partition coefficient (Wildman–Crippen LogP) is 3.94. The van der Waals surface area contributed by atoms with Crippen molar-refractivity contribution in [3.63, 3.8) is 0 Å². The number of aryl methyl sites for hydroxylation is 1. The van der Waals surface area contributed by atoms with Gasteiger partial charge in [0.25, 0.3) is 0 Å². The van der Waals surface area contributed by atoms with Gasteiger partial charge < -0.3 is 20.9 Å². The van der Waals surface area contributed by atoms with Gasteiger partial charge in [0.05, 0.1) is 11.8 Å². The van der Waals surface area contributed by atoms with E-state index in [0.29, 0.717) is 12.1 Å². The SMILES string of the molecule is N#CC1(F)CC(C(O)CNCCCCCCOCCCCc2ccccc2)=CC=C1N. The van der Waals surface area contributed by atoms with Crippen molar-refractivity contribution < 1.29 is 14.2 Å². The Morgan fingerprint density at radius 3 is 2.55 bits per heavy atom. The molecule has 0 saturated carbocycles. The monoisotopic (exact) mass is 429 g/mol. The second-order valence-corrected chi connectivity index (χ2v) is 8.14. The highest BCUT2D eigenvalue weighted by molar-refractivity contribution is 5.38. The van der Waals surface area contributed by atoms with Gasteiger partial charge in [0.1, 0.15) is 6.07 Å². The summed E-state index contributed by atoms with van der Waals surface area (Å²) in [6, 6.07) is 12.1. The molecule has 0 aliphatic heterocycles. The number of rotatable bonds is 15. The van der Waals surface area contributed by atoms with Crippen LogP contribution in [0.4, 0.5) is 4.39 Å². The number of unbranched alkanes of at least 4 members (excludes halogenated alkanes) is 4. The standard InChI is InChI=1S/C25H36FN3O2/c26-25(20-27)18-22(13-14-24(25)28)23(30)19-29-15-7-1-2-8-16-31-17-9-6-12-21-10-4-3-5-11-21/h3-5,10-11,13-14,23,29-30H,1-2,6-9,12,15-19,28H2. The third kappa shape index (κ3) is 9.22. The lowest BCUT2D eigenvalue weighted by Crippen LogP contribution is -2.36. The van der Waals surface area contributed by atoms with E-state index >= 15 is 0 Å². The molecule has 1 aromatic carbocycles. The Morgan fingerprint density at radius 1 is 1.10 bits per heavy atom. The normalized spacial score (nSPS) is 19.4. The molecule has 5 nitrogen and oxygen atoms in total. The Balaban J connectivity index is 1.40. The summed E-state index contributed by atoms with van der Waals surface area (Å²) in [5.74, 6) is 0. The molecule has 170 valence electrons. The Bertz CT molecular complexity index is 745. The molecule has 0 heterocycles. The molecule has 2 unspecified atom stereocenters. The van der Waals surface area contributed by atoms with Crippen LogP contribution in [0.1, 0.15) is 50.5 Å². The van der Waals surface area contributed by atoms with Gasteiger partial charge in [0, 0.05) is 26.2 Å². The Labute approximate surface area is 185 Å². The van der Waals surface area contributed by atoms with E-state index in [0.717, 1.165) is 64.7 Å². The van der Waals surface area contributed by atoms with Gasteiger partial charge in [0.15, 0.2) is 0 Å².